The molecule has 4 nitrogen and oxygen atoms in total. The van der Waals surface area contributed by atoms with Gasteiger partial charge in [-0.05, 0) is 38.1 Å². The van der Waals surface area contributed by atoms with Crippen LogP contribution in [0.15, 0.2) is 23.1 Å². The summed E-state index contributed by atoms with van der Waals surface area (Å²) in [5.74, 6) is -0.803. The summed E-state index contributed by atoms with van der Waals surface area (Å²) in [5, 5.41) is 3.15. The van der Waals surface area contributed by atoms with Crippen LogP contribution in [0.1, 0.15) is 12.8 Å². The minimum atomic E-state index is -3.80. The third kappa shape index (κ3) is 3.43. The molecule has 114 valence electrons. The maximum Gasteiger partial charge on any atom is 0.246 e. The third-order valence-corrected chi connectivity index (χ3v) is 5.46. The van der Waals surface area contributed by atoms with Crippen LogP contribution in [0, 0.1) is 5.82 Å². The molecule has 0 aliphatic carbocycles. The van der Waals surface area contributed by atoms with E-state index in [9.17, 15) is 12.8 Å². The predicted molar refractivity (Wildman–Crippen MR) is 79.5 cm³/mol. The maximum atomic E-state index is 13.8. The third-order valence-electron chi connectivity index (χ3n) is 3.24. The van der Waals surface area contributed by atoms with Crippen molar-refractivity contribution in [1.29, 1.82) is 0 Å². The summed E-state index contributed by atoms with van der Waals surface area (Å²) in [6, 6.07) is 3.52. The van der Waals surface area contributed by atoms with Crippen LogP contribution in [0.5, 0.6) is 0 Å². The SMILES string of the molecule is CNCC1CCCN1S(=O)(=O)c1ccc(Cl)cc1F.Cl. The molecule has 1 fully saturated rings. The van der Waals surface area contributed by atoms with Crippen molar-refractivity contribution in [3.63, 3.8) is 0 Å². The number of likely N-dealkylation sites (N-methyl/N-ethyl adjacent to an activating group) is 1. The summed E-state index contributed by atoms with van der Waals surface area (Å²) in [6.45, 7) is 0.991. The number of hydrogen-bond donors (Lipinski definition) is 1. The second-order valence-corrected chi connectivity index (χ2v) is 6.84. The van der Waals surface area contributed by atoms with E-state index < -0.39 is 15.8 Å². The molecule has 1 aromatic carbocycles. The lowest BCUT2D eigenvalue weighted by molar-refractivity contribution is 0.377. The molecule has 20 heavy (non-hydrogen) atoms. The highest BCUT2D eigenvalue weighted by Crippen LogP contribution is 2.28. The van der Waals surface area contributed by atoms with Gasteiger partial charge in [-0.2, -0.15) is 4.31 Å². The Kier molecular flexibility index (Phi) is 6.22. The predicted octanol–water partition coefficient (Wildman–Crippen LogP) is 2.27. The van der Waals surface area contributed by atoms with Gasteiger partial charge in [0.2, 0.25) is 10.0 Å². The molecule has 1 N–H and O–H groups in total. The first-order chi connectivity index (χ1) is 8.96. The van der Waals surface area contributed by atoms with E-state index >= 15 is 0 Å². The first-order valence-corrected chi connectivity index (χ1v) is 7.90. The van der Waals surface area contributed by atoms with Crippen molar-refractivity contribution in [1.82, 2.24) is 9.62 Å². The molecule has 1 unspecified atom stereocenters. The van der Waals surface area contributed by atoms with Crippen LogP contribution in [0.3, 0.4) is 0 Å². The second kappa shape index (κ2) is 7.04. The van der Waals surface area contributed by atoms with Crippen LogP contribution in [-0.2, 0) is 10.0 Å². The fourth-order valence-corrected chi connectivity index (χ4v) is 4.27. The smallest absolute Gasteiger partial charge is 0.246 e. The largest absolute Gasteiger partial charge is 0.318 e. The van der Waals surface area contributed by atoms with Gasteiger partial charge in [0.1, 0.15) is 10.7 Å². The standard InChI is InChI=1S/C12H16ClFN2O2S.ClH/c1-15-8-10-3-2-6-16(10)19(17,18)12-5-4-9(13)7-11(12)14;/h4-5,7,10,15H,2-3,6,8H2,1H3;1H. The Hall–Kier alpha value is -0.400. The van der Waals surface area contributed by atoms with Crippen LogP contribution in [-0.4, -0.2) is 38.9 Å². The van der Waals surface area contributed by atoms with Crippen LogP contribution < -0.4 is 5.32 Å². The van der Waals surface area contributed by atoms with Crippen LogP contribution in [0.4, 0.5) is 4.39 Å². The average molecular weight is 343 g/mol. The average Bonchev–Trinajstić information content (AvgIpc) is 2.78. The van der Waals surface area contributed by atoms with Gasteiger partial charge in [-0.1, -0.05) is 11.6 Å². The molecule has 0 radical (unpaired) electrons. The van der Waals surface area contributed by atoms with Gasteiger partial charge in [0.15, 0.2) is 0 Å². The van der Waals surface area contributed by atoms with E-state index in [1.807, 2.05) is 0 Å². The Morgan fingerprint density at radius 3 is 2.80 bits per heavy atom. The Balaban J connectivity index is 0.00000200. The number of rotatable bonds is 4. The van der Waals surface area contributed by atoms with E-state index in [4.69, 9.17) is 11.6 Å². The number of nitrogens with one attached hydrogen (secondary N) is 1. The van der Waals surface area contributed by atoms with E-state index in [0.29, 0.717) is 13.1 Å². The second-order valence-electron chi connectivity index (χ2n) is 4.54. The summed E-state index contributed by atoms with van der Waals surface area (Å²) < 4.78 is 40.1. The molecule has 0 saturated carbocycles. The molecule has 1 heterocycles. The van der Waals surface area contributed by atoms with Crippen molar-refractivity contribution in [3.05, 3.63) is 29.0 Å². The van der Waals surface area contributed by atoms with E-state index in [1.54, 1.807) is 7.05 Å². The van der Waals surface area contributed by atoms with Gasteiger partial charge in [0.25, 0.3) is 0 Å². The zero-order valence-corrected chi connectivity index (χ0v) is 13.4. The highest BCUT2D eigenvalue weighted by molar-refractivity contribution is 7.89. The molecular formula is C12H17Cl2FN2O2S. The van der Waals surface area contributed by atoms with Crippen molar-refractivity contribution in [2.24, 2.45) is 0 Å². The summed E-state index contributed by atoms with van der Waals surface area (Å²) in [7, 11) is -2.03. The van der Waals surface area contributed by atoms with E-state index in [2.05, 4.69) is 5.32 Å². The Labute approximate surface area is 129 Å². The molecule has 1 aliphatic rings. The summed E-state index contributed by atoms with van der Waals surface area (Å²) in [4.78, 5) is -0.306. The van der Waals surface area contributed by atoms with Crippen molar-refractivity contribution < 1.29 is 12.8 Å². The van der Waals surface area contributed by atoms with Gasteiger partial charge in [-0.3, -0.25) is 0 Å². The highest BCUT2D eigenvalue weighted by atomic mass is 35.5. The molecule has 1 aliphatic heterocycles. The van der Waals surface area contributed by atoms with Gasteiger partial charge in [-0.25, -0.2) is 12.8 Å². The lowest BCUT2D eigenvalue weighted by Crippen LogP contribution is -2.41. The lowest BCUT2D eigenvalue weighted by Gasteiger charge is -2.24. The molecule has 1 atom stereocenters. The summed E-state index contributed by atoms with van der Waals surface area (Å²) in [6.07, 6.45) is 1.58. The first kappa shape index (κ1) is 17.7. The molecule has 1 aromatic rings. The quantitative estimate of drug-likeness (QED) is 0.913. The van der Waals surface area contributed by atoms with Crippen molar-refractivity contribution in [3.8, 4) is 0 Å². The van der Waals surface area contributed by atoms with Gasteiger partial charge < -0.3 is 5.32 Å². The van der Waals surface area contributed by atoms with Crippen LogP contribution >= 0.6 is 24.0 Å². The van der Waals surface area contributed by atoms with Gasteiger partial charge >= 0.3 is 0 Å². The fraction of sp³-hybridized carbons (Fsp3) is 0.500. The molecular weight excluding hydrogens is 326 g/mol. The molecule has 8 heteroatoms. The fourth-order valence-electron chi connectivity index (χ4n) is 2.38. The highest BCUT2D eigenvalue weighted by Gasteiger charge is 2.36. The van der Waals surface area contributed by atoms with Crippen molar-refractivity contribution in [2.75, 3.05) is 20.1 Å². The number of halogens is 3. The zero-order chi connectivity index (χ0) is 14.0. The normalized spacial score (nSPS) is 19.9. The molecule has 0 spiro atoms. The molecule has 0 amide bonds. The number of benzene rings is 1. The Morgan fingerprint density at radius 1 is 1.50 bits per heavy atom. The molecule has 0 aromatic heterocycles. The molecule has 0 bridgehead atoms. The van der Waals surface area contributed by atoms with E-state index in [1.165, 1.54) is 16.4 Å². The zero-order valence-electron chi connectivity index (χ0n) is 11.0. The van der Waals surface area contributed by atoms with Crippen molar-refractivity contribution in [2.45, 2.75) is 23.8 Å². The monoisotopic (exact) mass is 342 g/mol. The topological polar surface area (TPSA) is 49.4 Å². The summed E-state index contributed by atoms with van der Waals surface area (Å²) in [5.41, 5.74) is 0. The number of hydrogen-bond acceptors (Lipinski definition) is 3. The van der Waals surface area contributed by atoms with E-state index in [-0.39, 0.29) is 28.4 Å². The van der Waals surface area contributed by atoms with E-state index in [0.717, 1.165) is 18.9 Å². The maximum absolute atomic E-state index is 13.8. The number of nitrogens with zero attached hydrogens (tertiary/aromatic N) is 1. The number of sulfonamides is 1. The molecule has 2 rings (SSSR count). The summed E-state index contributed by atoms with van der Waals surface area (Å²) >= 11 is 5.65. The van der Waals surface area contributed by atoms with Gasteiger partial charge in [0, 0.05) is 24.2 Å². The minimum absolute atomic E-state index is 0. The van der Waals surface area contributed by atoms with Crippen LogP contribution in [0.25, 0.3) is 0 Å². The molecule has 1 saturated heterocycles. The minimum Gasteiger partial charge on any atom is -0.318 e. The Morgan fingerprint density at radius 2 is 2.20 bits per heavy atom. The van der Waals surface area contributed by atoms with Gasteiger partial charge in [0.05, 0.1) is 0 Å². The first-order valence-electron chi connectivity index (χ1n) is 6.08. The van der Waals surface area contributed by atoms with Crippen molar-refractivity contribution >= 4 is 34.0 Å². The Bertz CT molecular complexity index is 569. The van der Waals surface area contributed by atoms with Gasteiger partial charge in [-0.15, -0.1) is 12.4 Å². The van der Waals surface area contributed by atoms with Crippen LogP contribution in [0.2, 0.25) is 5.02 Å². The lowest BCUT2D eigenvalue weighted by atomic mass is 10.2.